The lowest BCUT2D eigenvalue weighted by atomic mass is 10.1. The molecule has 8 nitrogen and oxygen atoms in total. The van der Waals surface area contributed by atoms with Crippen LogP contribution in [0.1, 0.15) is 11.3 Å². The molecular weight excluding hydrogens is 294 g/mol. The predicted molar refractivity (Wildman–Crippen MR) is 84.7 cm³/mol. The zero-order chi connectivity index (χ0) is 15.8. The molecule has 2 N–H and O–H groups in total. The molecule has 23 heavy (non-hydrogen) atoms. The first-order valence-corrected chi connectivity index (χ1v) is 7.18. The average Bonchev–Trinajstić information content (AvgIpc) is 3.25. The Labute approximate surface area is 131 Å². The second kappa shape index (κ2) is 5.24. The Balaban J connectivity index is 1.69. The second-order valence-corrected chi connectivity index (χ2v) is 5.34. The van der Waals surface area contributed by atoms with Crippen molar-refractivity contribution in [3.8, 4) is 11.3 Å². The van der Waals surface area contributed by atoms with Crippen molar-refractivity contribution in [1.82, 2.24) is 30.1 Å². The molecule has 0 spiro atoms. The number of H-pyrrole nitrogens is 1. The van der Waals surface area contributed by atoms with Gasteiger partial charge in [-0.25, -0.2) is 0 Å². The molecule has 4 aromatic rings. The molecule has 0 atom stereocenters. The molecule has 8 heteroatoms. The van der Waals surface area contributed by atoms with Crippen LogP contribution in [-0.4, -0.2) is 30.1 Å². The molecule has 0 radical (unpaired) electrons. The van der Waals surface area contributed by atoms with E-state index in [1.54, 1.807) is 17.1 Å². The normalized spacial score (nSPS) is 11.2. The van der Waals surface area contributed by atoms with Crippen LogP contribution in [0.5, 0.6) is 0 Å². The molecule has 0 aromatic carbocycles. The molecule has 4 heterocycles. The average molecular weight is 309 g/mol. The van der Waals surface area contributed by atoms with E-state index in [2.05, 4.69) is 30.8 Å². The molecule has 0 aliphatic rings. The summed E-state index contributed by atoms with van der Waals surface area (Å²) in [6, 6.07) is 1.92. The highest BCUT2D eigenvalue weighted by atomic mass is 16.5. The van der Waals surface area contributed by atoms with E-state index in [-0.39, 0.29) is 0 Å². The topological polar surface area (TPSA) is 97.5 Å². The minimum atomic E-state index is 0.674. The van der Waals surface area contributed by atoms with Crippen molar-refractivity contribution in [2.75, 3.05) is 5.32 Å². The molecule has 0 saturated heterocycles. The van der Waals surface area contributed by atoms with Crippen molar-refractivity contribution in [3.63, 3.8) is 0 Å². The van der Waals surface area contributed by atoms with E-state index in [1.807, 2.05) is 32.4 Å². The van der Waals surface area contributed by atoms with Gasteiger partial charge in [0.15, 0.2) is 0 Å². The number of aryl methyl sites for hydroxylation is 2. The van der Waals surface area contributed by atoms with E-state index in [4.69, 9.17) is 4.52 Å². The van der Waals surface area contributed by atoms with Crippen LogP contribution < -0.4 is 5.32 Å². The quantitative estimate of drug-likeness (QED) is 0.600. The fourth-order valence-electron chi connectivity index (χ4n) is 2.53. The summed E-state index contributed by atoms with van der Waals surface area (Å²) in [6.45, 7) is 2.55. The molecule has 0 aliphatic heterocycles. The summed E-state index contributed by atoms with van der Waals surface area (Å²) in [5.74, 6) is 0. The molecule has 0 amide bonds. The maximum absolute atomic E-state index is 5.00. The summed E-state index contributed by atoms with van der Waals surface area (Å²) in [4.78, 5) is 4.44. The summed E-state index contributed by atoms with van der Waals surface area (Å²) in [7, 11) is 1.90. The number of nitrogens with one attached hydrogen (secondary N) is 2. The zero-order valence-corrected chi connectivity index (χ0v) is 12.7. The molecule has 116 valence electrons. The Bertz CT molecular complexity index is 965. The molecule has 0 bridgehead atoms. The van der Waals surface area contributed by atoms with Crippen LogP contribution >= 0.6 is 0 Å². The number of fused-ring (bicyclic) bond motifs is 1. The van der Waals surface area contributed by atoms with Gasteiger partial charge in [-0.3, -0.25) is 14.8 Å². The number of nitrogens with zero attached hydrogens (tertiary/aromatic N) is 5. The third kappa shape index (κ3) is 2.33. The lowest BCUT2D eigenvalue weighted by Crippen LogP contribution is -1.99. The third-order valence-corrected chi connectivity index (χ3v) is 3.70. The van der Waals surface area contributed by atoms with Gasteiger partial charge in [-0.2, -0.15) is 10.2 Å². The van der Waals surface area contributed by atoms with Gasteiger partial charge in [-0.15, -0.1) is 0 Å². The van der Waals surface area contributed by atoms with Gasteiger partial charge in [0.25, 0.3) is 0 Å². The van der Waals surface area contributed by atoms with Gasteiger partial charge in [0.1, 0.15) is 23.0 Å². The summed E-state index contributed by atoms with van der Waals surface area (Å²) in [5.41, 5.74) is 6.05. The first-order chi connectivity index (χ1) is 11.2. The van der Waals surface area contributed by atoms with Gasteiger partial charge in [0, 0.05) is 31.5 Å². The van der Waals surface area contributed by atoms with Gasteiger partial charge in [-0.1, -0.05) is 5.16 Å². The first-order valence-electron chi connectivity index (χ1n) is 7.18. The molecular formula is C15H15N7O. The Morgan fingerprint density at radius 2 is 2.30 bits per heavy atom. The molecule has 0 fully saturated rings. The smallest absolute Gasteiger partial charge is 0.133 e. The number of hydrogen-bond donors (Lipinski definition) is 2. The SMILES string of the molecule is Cc1nocc1-c1n[nH]c2c(NCc3cnn(C)c3)ccnc12. The summed E-state index contributed by atoms with van der Waals surface area (Å²) < 4.78 is 6.78. The zero-order valence-electron chi connectivity index (χ0n) is 12.7. The van der Waals surface area contributed by atoms with E-state index in [1.165, 1.54) is 0 Å². The third-order valence-electron chi connectivity index (χ3n) is 3.70. The van der Waals surface area contributed by atoms with Gasteiger partial charge >= 0.3 is 0 Å². The van der Waals surface area contributed by atoms with Crippen molar-refractivity contribution < 1.29 is 4.52 Å². The van der Waals surface area contributed by atoms with Gasteiger partial charge < -0.3 is 9.84 Å². The minimum absolute atomic E-state index is 0.674. The Morgan fingerprint density at radius 1 is 1.39 bits per heavy atom. The van der Waals surface area contributed by atoms with E-state index in [0.29, 0.717) is 6.54 Å². The Kier molecular flexibility index (Phi) is 3.07. The fourth-order valence-corrected chi connectivity index (χ4v) is 2.53. The highest BCUT2D eigenvalue weighted by Gasteiger charge is 2.16. The van der Waals surface area contributed by atoms with E-state index >= 15 is 0 Å². The number of aromatic amines is 1. The monoisotopic (exact) mass is 309 g/mol. The fraction of sp³-hybridized carbons (Fsp3) is 0.200. The number of hydrogen-bond acceptors (Lipinski definition) is 6. The molecule has 0 aliphatic carbocycles. The van der Waals surface area contributed by atoms with Crippen LogP contribution in [0, 0.1) is 6.92 Å². The highest BCUT2D eigenvalue weighted by Crippen LogP contribution is 2.30. The van der Waals surface area contributed by atoms with Crippen LogP contribution in [0.15, 0.2) is 35.4 Å². The van der Waals surface area contributed by atoms with Crippen molar-refractivity contribution in [1.29, 1.82) is 0 Å². The second-order valence-electron chi connectivity index (χ2n) is 5.34. The Morgan fingerprint density at radius 3 is 3.04 bits per heavy atom. The number of anilines is 1. The van der Waals surface area contributed by atoms with E-state index < -0.39 is 0 Å². The predicted octanol–water partition coefficient (Wildman–Crippen LogP) is 2.27. The first kappa shape index (κ1) is 13.5. The molecule has 4 aromatic heterocycles. The number of rotatable bonds is 4. The Hall–Kier alpha value is -3.16. The molecule has 4 rings (SSSR count). The summed E-state index contributed by atoms with van der Waals surface area (Å²) >= 11 is 0. The van der Waals surface area contributed by atoms with Crippen molar-refractivity contribution >= 4 is 16.7 Å². The van der Waals surface area contributed by atoms with E-state index in [0.717, 1.165) is 39.2 Å². The summed E-state index contributed by atoms with van der Waals surface area (Å²) in [6.07, 6.45) is 7.16. The highest BCUT2D eigenvalue weighted by molar-refractivity contribution is 5.96. The van der Waals surface area contributed by atoms with Crippen LogP contribution in [-0.2, 0) is 13.6 Å². The van der Waals surface area contributed by atoms with Gasteiger partial charge in [0.2, 0.25) is 0 Å². The number of pyridine rings is 1. The van der Waals surface area contributed by atoms with Crippen LogP contribution in [0.4, 0.5) is 5.69 Å². The van der Waals surface area contributed by atoms with Gasteiger partial charge in [0.05, 0.1) is 23.1 Å². The van der Waals surface area contributed by atoms with Crippen LogP contribution in [0.3, 0.4) is 0 Å². The maximum Gasteiger partial charge on any atom is 0.133 e. The lowest BCUT2D eigenvalue weighted by Gasteiger charge is -2.05. The standard InChI is InChI=1S/C15H15N7O/c1-9-11(8-23-21-9)13-15-14(20-19-13)12(3-4-16-15)17-5-10-6-18-22(2)7-10/h3-4,6-8H,5H2,1-2H3,(H,16,17)(H,19,20). The van der Waals surface area contributed by atoms with Crippen molar-refractivity contribution in [3.05, 3.63) is 42.2 Å². The molecule has 0 unspecified atom stereocenters. The summed E-state index contributed by atoms with van der Waals surface area (Å²) in [5, 5.41) is 18.9. The van der Waals surface area contributed by atoms with Crippen LogP contribution in [0.25, 0.3) is 22.3 Å². The maximum atomic E-state index is 5.00. The van der Waals surface area contributed by atoms with Crippen molar-refractivity contribution in [2.45, 2.75) is 13.5 Å². The largest absolute Gasteiger partial charge is 0.379 e. The lowest BCUT2D eigenvalue weighted by molar-refractivity contribution is 0.415. The molecule has 0 saturated carbocycles. The number of aromatic nitrogens is 6. The van der Waals surface area contributed by atoms with Crippen molar-refractivity contribution in [2.24, 2.45) is 7.05 Å². The minimum Gasteiger partial charge on any atom is -0.379 e. The van der Waals surface area contributed by atoms with Gasteiger partial charge in [-0.05, 0) is 13.0 Å². The van der Waals surface area contributed by atoms with Crippen LogP contribution in [0.2, 0.25) is 0 Å². The van der Waals surface area contributed by atoms with E-state index in [9.17, 15) is 0 Å².